The molecule has 0 spiro atoms. The largest absolute Gasteiger partial charge is 0.393 e. The van der Waals surface area contributed by atoms with Crippen LogP contribution in [0.5, 0.6) is 0 Å². The van der Waals surface area contributed by atoms with Gasteiger partial charge in [0.05, 0.1) is 28.4 Å². The molecular weight excluding hydrogens is 549 g/mol. The van der Waals surface area contributed by atoms with Crippen LogP contribution in [-0.2, 0) is 16.4 Å². The smallest absolute Gasteiger partial charge is 0.233 e. The van der Waals surface area contributed by atoms with E-state index < -0.39 is 45.3 Å². The molecule has 0 aliphatic heterocycles. The minimum atomic E-state index is -4.62. The molecular formula is C29H26F5N3O2S. The Labute approximate surface area is 228 Å². The first-order valence-corrected chi connectivity index (χ1v) is 14.4. The molecule has 3 aliphatic rings. The lowest BCUT2D eigenvalue weighted by atomic mass is 9.55. The highest BCUT2D eigenvalue weighted by Crippen LogP contribution is 2.57. The van der Waals surface area contributed by atoms with Gasteiger partial charge in [0, 0.05) is 11.5 Å². The van der Waals surface area contributed by atoms with Gasteiger partial charge in [0.25, 0.3) is 0 Å². The van der Waals surface area contributed by atoms with Crippen molar-refractivity contribution in [3.05, 3.63) is 94.8 Å². The number of hydrogen-bond donors (Lipinski definition) is 1. The highest BCUT2D eigenvalue weighted by molar-refractivity contribution is 7.89. The summed E-state index contributed by atoms with van der Waals surface area (Å²) in [6.45, 7) is 1.99. The summed E-state index contributed by atoms with van der Waals surface area (Å²) < 4.78 is 100. The quantitative estimate of drug-likeness (QED) is 0.291. The Morgan fingerprint density at radius 2 is 1.68 bits per heavy atom. The Kier molecular flexibility index (Phi) is 6.30. The molecule has 2 aromatic carbocycles. The van der Waals surface area contributed by atoms with Crippen molar-refractivity contribution in [3.63, 3.8) is 0 Å². The number of aromatic nitrogens is 2. The molecule has 1 heterocycles. The highest BCUT2D eigenvalue weighted by Gasteiger charge is 2.55. The van der Waals surface area contributed by atoms with E-state index in [-0.39, 0.29) is 17.1 Å². The molecule has 6 rings (SSSR count). The summed E-state index contributed by atoms with van der Waals surface area (Å²) in [5, 5.41) is 4.50. The first kappa shape index (κ1) is 26.9. The second-order valence-electron chi connectivity index (χ2n) is 10.9. The average molecular weight is 576 g/mol. The zero-order valence-corrected chi connectivity index (χ0v) is 22.2. The van der Waals surface area contributed by atoms with Crippen LogP contribution in [0.1, 0.15) is 37.4 Å². The van der Waals surface area contributed by atoms with E-state index in [1.807, 2.05) is 13.0 Å². The third-order valence-electron chi connectivity index (χ3n) is 8.58. The number of benzene rings is 2. The van der Waals surface area contributed by atoms with Gasteiger partial charge in [-0.3, -0.25) is 0 Å². The molecule has 3 aromatic rings. The van der Waals surface area contributed by atoms with Gasteiger partial charge < -0.3 is 0 Å². The van der Waals surface area contributed by atoms with Crippen LogP contribution in [-0.4, -0.2) is 30.4 Å². The Bertz CT molecular complexity index is 1630. The second kappa shape index (κ2) is 9.37. The van der Waals surface area contributed by atoms with E-state index in [2.05, 4.69) is 9.82 Å². The third-order valence-corrected chi connectivity index (χ3v) is 10.1. The molecule has 4 atom stereocenters. The van der Waals surface area contributed by atoms with E-state index >= 15 is 0 Å². The number of hydrogen-bond acceptors (Lipinski definition) is 3. The van der Waals surface area contributed by atoms with Gasteiger partial charge in [-0.05, 0) is 91.8 Å². The van der Waals surface area contributed by atoms with Crippen molar-refractivity contribution in [2.45, 2.75) is 49.7 Å². The maximum Gasteiger partial charge on any atom is 0.393 e. The minimum absolute atomic E-state index is 0.288. The summed E-state index contributed by atoms with van der Waals surface area (Å²) in [4.78, 5) is -0.288. The van der Waals surface area contributed by atoms with Crippen molar-refractivity contribution in [2.24, 2.45) is 17.3 Å². The second-order valence-corrected chi connectivity index (χ2v) is 12.6. The van der Waals surface area contributed by atoms with Gasteiger partial charge >= 0.3 is 6.18 Å². The molecule has 40 heavy (non-hydrogen) atoms. The monoisotopic (exact) mass is 575 g/mol. The number of allylic oxidation sites excluding steroid dienone is 2. The summed E-state index contributed by atoms with van der Waals surface area (Å²) in [6, 6.07) is 8.58. The third kappa shape index (κ3) is 4.49. The van der Waals surface area contributed by atoms with Gasteiger partial charge in [-0.25, -0.2) is 26.6 Å². The molecule has 210 valence electrons. The summed E-state index contributed by atoms with van der Waals surface area (Å²) in [7, 11) is -4.35. The van der Waals surface area contributed by atoms with Gasteiger partial charge in [-0.1, -0.05) is 24.1 Å². The molecule has 11 heteroatoms. The summed E-state index contributed by atoms with van der Waals surface area (Å²) >= 11 is 0. The van der Waals surface area contributed by atoms with Crippen LogP contribution in [0, 0.1) is 28.9 Å². The van der Waals surface area contributed by atoms with Crippen molar-refractivity contribution in [1.29, 1.82) is 0 Å². The Balaban J connectivity index is 1.36. The number of nitrogens with zero attached hydrogens (tertiary/aromatic N) is 2. The lowest BCUT2D eigenvalue weighted by Gasteiger charge is -2.51. The normalized spacial score (nSPS) is 26.3. The minimum Gasteiger partial charge on any atom is -0.233 e. The van der Waals surface area contributed by atoms with Crippen molar-refractivity contribution in [1.82, 2.24) is 14.5 Å². The van der Waals surface area contributed by atoms with Crippen LogP contribution >= 0.6 is 0 Å². The van der Waals surface area contributed by atoms with Crippen molar-refractivity contribution in [2.75, 3.05) is 0 Å². The Morgan fingerprint density at radius 1 is 1.02 bits per heavy atom. The van der Waals surface area contributed by atoms with Crippen molar-refractivity contribution >= 4 is 16.1 Å². The molecule has 5 nitrogen and oxygen atoms in total. The van der Waals surface area contributed by atoms with Gasteiger partial charge in [-0.15, -0.1) is 0 Å². The van der Waals surface area contributed by atoms with E-state index in [0.29, 0.717) is 24.9 Å². The number of nitrogens with one attached hydrogen (secondary N) is 1. The van der Waals surface area contributed by atoms with Gasteiger partial charge in [0.2, 0.25) is 10.0 Å². The number of alkyl halides is 3. The lowest BCUT2D eigenvalue weighted by Crippen LogP contribution is -2.55. The molecule has 0 unspecified atom stereocenters. The maximum atomic E-state index is 14.2. The molecule has 0 amide bonds. The van der Waals surface area contributed by atoms with E-state index in [1.54, 1.807) is 29.1 Å². The first-order chi connectivity index (χ1) is 18.9. The van der Waals surface area contributed by atoms with E-state index in [9.17, 15) is 30.4 Å². The van der Waals surface area contributed by atoms with Crippen LogP contribution < -0.4 is 4.72 Å². The molecule has 1 aromatic heterocycles. The van der Waals surface area contributed by atoms with E-state index in [1.165, 1.54) is 12.1 Å². The number of rotatable bonds is 4. The molecule has 0 saturated heterocycles. The number of halogens is 5. The van der Waals surface area contributed by atoms with Crippen LogP contribution in [0.2, 0.25) is 0 Å². The Morgan fingerprint density at radius 3 is 2.33 bits per heavy atom. The zero-order valence-electron chi connectivity index (χ0n) is 21.4. The fourth-order valence-electron chi connectivity index (χ4n) is 6.59. The van der Waals surface area contributed by atoms with Gasteiger partial charge in [-0.2, -0.15) is 18.3 Å². The maximum absolute atomic E-state index is 14.2. The molecule has 1 fully saturated rings. The Hall–Kier alpha value is -3.31. The van der Waals surface area contributed by atoms with Crippen LogP contribution in [0.15, 0.2) is 76.8 Å². The molecule has 3 aliphatic carbocycles. The van der Waals surface area contributed by atoms with Crippen molar-refractivity contribution in [3.8, 4) is 5.69 Å². The standard InChI is InChI=1S/C29H26F5N3O2S/c1-28-15-17-16-35-37(21-7-3-19(30)4-8-21)26(17)14-18(28)2-11-23-24(28)12-13-25(29(32,33)34)27(23)36-40(38,39)22-9-5-20(31)6-10-22/h3-10,12,14,16,23,25,27,36H,2,11,13,15H2,1H3/t23-,25+,27+,28-/m0/s1. The topological polar surface area (TPSA) is 64.0 Å². The molecule has 0 radical (unpaired) electrons. The summed E-state index contributed by atoms with van der Waals surface area (Å²) in [5.74, 6) is -3.58. The fourth-order valence-corrected chi connectivity index (χ4v) is 7.91. The average Bonchev–Trinajstić information content (AvgIpc) is 3.29. The zero-order chi connectivity index (χ0) is 28.4. The predicted octanol–water partition coefficient (Wildman–Crippen LogP) is 6.36. The highest BCUT2D eigenvalue weighted by atomic mass is 32.2. The number of fused-ring (bicyclic) bond motifs is 4. The van der Waals surface area contributed by atoms with Crippen LogP contribution in [0.3, 0.4) is 0 Å². The molecule has 1 N–H and O–H groups in total. The summed E-state index contributed by atoms with van der Waals surface area (Å²) in [5.41, 5.74) is 3.66. The summed E-state index contributed by atoms with van der Waals surface area (Å²) in [6.07, 6.45) is 1.71. The van der Waals surface area contributed by atoms with Gasteiger partial charge in [0.1, 0.15) is 11.6 Å². The van der Waals surface area contributed by atoms with Crippen LogP contribution in [0.25, 0.3) is 11.8 Å². The first-order valence-electron chi connectivity index (χ1n) is 13.0. The van der Waals surface area contributed by atoms with Crippen LogP contribution in [0.4, 0.5) is 22.0 Å². The van der Waals surface area contributed by atoms with Gasteiger partial charge in [0.15, 0.2) is 0 Å². The van der Waals surface area contributed by atoms with Crippen molar-refractivity contribution < 1.29 is 30.4 Å². The fraction of sp³-hybridized carbons (Fsp3) is 0.345. The molecule has 0 bridgehead atoms. The number of sulfonamides is 1. The lowest BCUT2D eigenvalue weighted by molar-refractivity contribution is -0.185. The van der Waals surface area contributed by atoms with E-state index in [4.69, 9.17) is 0 Å². The molecule has 1 saturated carbocycles. The SMILES string of the molecule is C[C@]12Cc3cnn(-c4ccc(F)cc4)c3C=C1CC[C@H]1C2=CC[C@@H](C(F)(F)F)[C@@H]1NS(=O)(=O)c1ccc(F)cc1. The van der Waals surface area contributed by atoms with E-state index in [0.717, 1.165) is 46.7 Å². The predicted molar refractivity (Wildman–Crippen MR) is 139 cm³/mol.